The summed E-state index contributed by atoms with van der Waals surface area (Å²) in [4.78, 5) is 18.7. The van der Waals surface area contributed by atoms with Crippen molar-refractivity contribution in [2.24, 2.45) is 0 Å². The van der Waals surface area contributed by atoms with Gasteiger partial charge in [-0.1, -0.05) is 13.3 Å². The van der Waals surface area contributed by atoms with Crippen LogP contribution in [-0.2, 0) is 25.6 Å². The van der Waals surface area contributed by atoms with E-state index in [1.165, 1.54) is 6.92 Å². The van der Waals surface area contributed by atoms with Gasteiger partial charge in [0, 0.05) is 22.9 Å². The van der Waals surface area contributed by atoms with Gasteiger partial charge in [0.1, 0.15) is 16.7 Å². The molecule has 0 bridgehead atoms. The Labute approximate surface area is 170 Å². The molecule has 0 radical (unpaired) electrons. The number of hydrogen-bond acceptors (Lipinski definition) is 6. The van der Waals surface area contributed by atoms with E-state index >= 15 is 0 Å². The number of aromatic nitrogens is 4. The van der Waals surface area contributed by atoms with Crippen molar-refractivity contribution in [3.05, 3.63) is 33.6 Å². The molecule has 0 aliphatic carbocycles. The van der Waals surface area contributed by atoms with Crippen LogP contribution >= 0.6 is 23.4 Å². The summed E-state index contributed by atoms with van der Waals surface area (Å²) in [7, 11) is 0. The van der Waals surface area contributed by atoms with Crippen LogP contribution < -0.4 is 4.90 Å². The summed E-state index contributed by atoms with van der Waals surface area (Å²) >= 11 is 7.86. The Balaban J connectivity index is 1.69. The van der Waals surface area contributed by atoms with Crippen molar-refractivity contribution in [2.45, 2.75) is 62.5 Å². The number of aryl methyl sites for hydroxylation is 1. The zero-order valence-corrected chi connectivity index (χ0v) is 17.0. The van der Waals surface area contributed by atoms with Crippen LogP contribution in [0, 0.1) is 6.92 Å². The molecule has 28 heavy (non-hydrogen) atoms. The van der Waals surface area contributed by atoms with Crippen molar-refractivity contribution in [1.29, 1.82) is 0 Å². The molecular formula is C18H19ClF3N5S. The Kier molecular flexibility index (Phi) is 5.16. The number of hydrogen-bond donors (Lipinski definition) is 0. The van der Waals surface area contributed by atoms with E-state index in [4.69, 9.17) is 11.6 Å². The largest absolute Gasteiger partial charge is 0.433 e. The minimum absolute atomic E-state index is 0.123. The van der Waals surface area contributed by atoms with E-state index in [-0.39, 0.29) is 29.6 Å². The predicted molar refractivity (Wildman–Crippen MR) is 102 cm³/mol. The number of thioether (sulfide) groups is 1. The molecule has 0 saturated heterocycles. The number of alkyl halides is 3. The fourth-order valence-electron chi connectivity index (χ4n) is 3.84. The Morgan fingerprint density at radius 3 is 2.68 bits per heavy atom. The Morgan fingerprint density at radius 2 is 1.96 bits per heavy atom. The SMILES string of the molecule is CCCC1Cc2c(nc(Cl)nc2N2CCc3c(nc(C)nc3C(F)(F)F)C2)S1. The standard InChI is InChI=1S/C18H19ClF3N5S/c1-3-4-10-7-12-15(25-17(19)26-16(12)28-10)27-6-5-11-13(8-27)23-9(2)24-14(11)18(20,21)22/h10H,3-8H2,1-2H3. The van der Waals surface area contributed by atoms with Crippen LogP contribution in [0.5, 0.6) is 0 Å². The van der Waals surface area contributed by atoms with Gasteiger partial charge in [-0.3, -0.25) is 0 Å². The maximum atomic E-state index is 13.4. The zero-order valence-electron chi connectivity index (χ0n) is 15.5. The second kappa shape index (κ2) is 7.33. The topological polar surface area (TPSA) is 54.8 Å². The zero-order chi connectivity index (χ0) is 20.1. The van der Waals surface area contributed by atoms with Crippen LogP contribution in [0.1, 0.15) is 48.1 Å². The summed E-state index contributed by atoms with van der Waals surface area (Å²) in [5, 5.41) is 1.48. The second-order valence-electron chi connectivity index (χ2n) is 7.05. The molecule has 1 unspecified atom stereocenters. The molecule has 150 valence electrons. The van der Waals surface area contributed by atoms with Crippen LogP contribution in [0.25, 0.3) is 0 Å². The number of halogens is 4. The highest BCUT2D eigenvalue weighted by Crippen LogP contribution is 2.43. The Morgan fingerprint density at radius 1 is 1.18 bits per heavy atom. The van der Waals surface area contributed by atoms with Crippen LogP contribution in [0.15, 0.2) is 5.03 Å². The molecule has 4 rings (SSSR count). The molecule has 0 aromatic carbocycles. The summed E-state index contributed by atoms with van der Waals surface area (Å²) in [5.74, 6) is 0.842. The van der Waals surface area contributed by atoms with Crippen molar-refractivity contribution < 1.29 is 13.2 Å². The van der Waals surface area contributed by atoms with Gasteiger partial charge in [-0.25, -0.2) is 19.9 Å². The average molecular weight is 430 g/mol. The maximum absolute atomic E-state index is 13.4. The first-order valence-corrected chi connectivity index (χ1v) is 10.4. The third kappa shape index (κ3) is 3.66. The lowest BCUT2D eigenvalue weighted by atomic mass is 10.0. The van der Waals surface area contributed by atoms with E-state index in [1.54, 1.807) is 11.8 Å². The van der Waals surface area contributed by atoms with E-state index < -0.39 is 11.9 Å². The molecule has 2 aliphatic heterocycles. The van der Waals surface area contributed by atoms with Crippen LogP contribution in [0.2, 0.25) is 5.28 Å². The summed E-state index contributed by atoms with van der Waals surface area (Å²) < 4.78 is 40.1. The molecule has 2 aromatic heterocycles. The molecule has 4 heterocycles. The molecule has 0 amide bonds. The van der Waals surface area contributed by atoms with Gasteiger partial charge >= 0.3 is 6.18 Å². The first kappa shape index (κ1) is 19.7. The van der Waals surface area contributed by atoms with Crippen molar-refractivity contribution in [1.82, 2.24) is 19.9 Å². The first-order valence-electron chi connectivity index (χ1n) is 9.17. The molecule has 0 N–H and O–H groups in total. The highest BCUT2D eigenvalue weighted by atomic mass is 35.5. The fraction of sp³-hybridized carbons (Fsp3) is 0.556. The van der Waals surface area contributed by atoms with Crippen LogP contribution in [-0.4, -0.2) is 31.7 Å². The normalized spacial score (nSPS) is 18.9. The van der Waals surface area contributed by atoms with Crippen molar-refractivity contribution in [3.8, 4) is 0 Å². The van der Waals surface area contributed by atoms with Crippen molar-refractivity contribution >= 4 is 29.2 Å². The summed E-state index contributed by atoms with van der Waals surface area (Å²) in [6, 6.07) is 0. The quantitative estimate of drug-likeness (QED) is 0.524. The van der Waals surface area contributed by atoms with Gasteiger partial charge in [0.25, 0.3) is 0 Å². The van der Waals surface area contributed by atoms with Gasteiger partial charge in [-0.15, -0.1) is 11.8 Å². The first-order chi connectivity index (χ1) is 13.3. The van der Waals surface area contributed by atoms with Crippen molar-refractivity contribution in [3.63, 3.8) is 0 Å². The Hall–Kier alpha value is -1.61. The minimum Gasteiger partial charge on any atom is -0.350 e. The van der Waals surface area contributed by atoms with E-state index in [9.17, 15) is 13.2 Å². The molecule has 0 fully saturated rings. The smallest absolute Gasteiger partial charge is 0.350 e. The maximum Gasteiger partial charge on any atom is 0.433 e. The van der Waals surface area contributed by atoms with E-state index in [0.29, 0.717) is 17.5 Å². The number of nitrogens with zero attached hydrogens (tertiary/aromatic N) is 5. The summed E-state index contributed by atoms with van der Waals surface area (Å²) in [6.45, 7) is 4.29. The van der Waals surface area contributed by atoms with Crippen LogP contribution in [0.4, 0.5) is 19.0 Å². The number of anilines is 1. The van der Waals surface area contributed by atoms with Gasteiger partial charge in [-0.2, -0.15) is 13.2 Å². The van der Waals surface area contributed by atoms with E-state index in [0.717, 1.165) is 35.7 Å². The van der Waals surface area contributed by atoms with Gasteiger partial charge in [0.15, 0.2) is 5.69 Å². The summed E-state index contributed by atoms with van der Waals surface area (Å²) in [6.07, 6.45) is -1.27. The third-order valence-corrected chi connectivity index (χ3v) is 6.45. The van der Waals surface area contributed by atoms with Gasteiger partial charge in [0.05, 0.1) is 12.2 Å². The number of rotatable bonds is 3. The second-order valence-corrected chi connectivity index (χ2v) is 8.67. The average Bonchev–Trinajstić information content (AvgIpc) is 3.01. The molecule has 2 aliphatic rings. The van der Waals surface area contributed by atoms with Crippen molar-refractivity contribution in [2.75, 3.05) is 11.4 Å². The molecule has 10 heteroatoms. The summed E-state index contributed by atoms with van der Waals surface area (Å²) in [5.41, 5.74) is 0.812. The fourth-order valence-corrected chi connectivity index (χ4v) is 5.43. The molecule has 1 atom stereocenters. The molecule has 0 saturated carbocycles. The monoisotopic (exact) mass is 429 g/mol. The minimum atomic E-state index is -4.48. The highest BCUT2D eigenvalue weighted by molar-refractivity contribution is 8.00. The molecule has 5 nitrogen and oxygen atoms in total. The Bertz CT molecular complexity index is 921. The molecule has 0 spiro atoms. The molecule has 2 aromatic rings. The highest BCUT2D eigenvalue weighted by Gasteiger charge is 2.39. The van der Waals surface area contributed by atoms with Crippen LogP contribution in [0.3, 0.4) is 0 Å². The van der Waals surface area contributed by atoms with E-state index in [1.807, 2.05) is 4.90 Å². The lowest BCUT2D eigenvalue weighted by Crippen LogP contribution is -2.35. The van der Waals surface area contributed by atoms with E-state index in [2.05, 4.69) is 26.9 Å². The lowest BCUT2D eigenvalue weighted by Gasteiger charge is -2.31. The van der Waals surface area contributed by atoms with Gasteiger partial charge < -0.3 is 4.90 Å². The number of fused-ring (bicyclic) bond motifs is 2. The predicted octanol–water partition coefficient (Wildman–Crippen LogP) is 4.63. The molecular weight excluding hydrogens is 411 g/mol. The lowest BCUT2D eigenvalue weighted by molar-refractivity contribution is -0.142. The third-order valence-electron chi connectivity index (χ3n) is 4.99. The van der Waals surface area contributed by atoms with Gasteiger partial charge in [0.2, 0.25) is 5.28 Å². The van der Waals surface area contributed by atoms with Gasteiger partial charge in [-0.05, 0) is 37.8 Å².